The summed E-state index contributed by atoms with van der Waals surface area (Å²) in [5.74, 6) is 0.947. The highest BCUT2D eigenvalue weighted by molar-refractivity contribution is 6.03. The van der Waals surface area contributed by atoms with Gasteiger partial charge in [-0.25, -0.2) is 15.0 Å². The van der Waals surface area contributed by atoms with Crippen molar-refractivity contribution in [1.29, 1.82) is 0 Å². The summed E-state index contributed by atoms with van der Waals surface area (Å²) in [7, 11) is 1.71. The van der Waals surface area contributed by atoms with E-state index < -0.39 is 24.4 Å². The first-order chi connectivity index (χ1) is 16.7. The van der Waals surface area contributed by atoms with Gasteiger partial charge in [-0.3, -0.25) is 4.79 Å². The molecule has 2 bridgehead atoms. The van der Waals surface area contributed by atoms with E-state index in [0.717, 1.165) is 19.3 Å². The Bertz CT molecular complexity index is 1100. The van der Waals surface area contributed by atoms with Crippen LogP contribution >= 0.6 is 0 Å². The number of halogens is 2. The maximum absolute atomic E-state index is 13.3. The van der Waals surface area contributed by atoms with Crippen LogP contribution in [-0.2, 0) is 0 Å². The number of nitrogens with zero attached hydrogens (tertiary/aromatic N) is 5. The summed E-state index contributed by atoms with van der Waals surface area (Å²) in [6, 6.07) is 3.93. The largest absolute Gasteiger partial charge is 0.434 e. The minimum Gasteiger partial charge on any atom is -0.434 e. The summed E-state index contributed by atoms with van der Waals surface area (Å²) in [5, 5.41) is 0. The lowest BCUT2D eigenvalue weighted by Crippen LogP contribution is -2.53. The van der Waals surface area contributed by atoms with E-state index in [-0.39, 0.29) is 17.7 Å². The quantitative estimate of drug-likeness (QED) is 0.483. The number of carbonyl (C=O) groups is 1. The molecule has 1 aromatic carbocycles. The molecule has 3 atom stereocenters. The third-order valence-corrected chi connectivity index (χ3v) is 6.86. The van der Waals surface area contributed by atoms with Crippen LogP contribution in [-0.4, -0.2) is 65.0 Å². The highest BCUT2D eigenvalue weighted by Gasteiger charge is 2.47. The summed E-state index contributed by atoms with van der Waals surface area (Å²) < 4.78 is 31.3. The van der Waals surface area contributed by atoms with Crippen LogP contribution in [0.3, 0.4) is 0 Å². The van der Waals surface area contributed by atoms with Gasteiger partial charge in [0, 0.05) is 37.0 Å². The fraction of sp³-hybridized carbons (Fsp3) is 0.520. The molecule has 2 heterocycles. The van der Waals surface area contributed by atoms with Crippen molar-refractivity contribution in [2.24, 2.45) is 20.7 Å². The van der Waals surface area contributed by atoms with Gasteiger partial charge in [0.05, 0.1) is 17.6 Å². The van der Waals surface area contributed by atoms with E-state index >= 15 is 0 Å². The Balaban J connectivity index is 1.79. The topological polar surface area (TPSA) is 95.9 Å². The molecule has 0 aromatic heterocycles. The predicted octanol–water partition coefficient (Wildman–Crippen LogP) is 4.14. The monoisotopic (exact) mass is 486 g/mol. The first-order valence-electron chi connectivity index (χ1n) is 11.9. The number of amidine groups is 2. The van der Waals surface area contributed by atoms with E-state index in [2.05, 4.69) is 4.99 Å². The fourth-order valence-corrected chi connectivity index (χ4v) is 5.04. The van der Waals surface area contributed by atoms with Gasteiger partial charge in [0.1, 0.15) is 23.6 Å². The predicted molar refractivity (Wildman–Crippen MR) is 132 cm³/mol. The highest BCUT2D eigenvalue weighted by atomic mass is 19.3. The highest BCUT2D eigenvalue weighted by Crippen LogP contribution is 2.45. The van der Waals surface area contributed by atoms with Gasteiger partial charge in [0.25, 0.3) is 5.91 Å². The van der Waals surface area contributed by atoms with Crippen LogP contribution in [0.15, 0.2) is 45.5 Å². The molecule has 188 valence electrons. The van der Waals surface area contributed by atoms with Crippen LogP contribution in [0.25, 0.3) is 0 Å². The lowest BCUT2D eigenvalue weighted by molar-refractivity contribution is -0.0508. The van der Waals surface area contributed by atoms with Crippen molar-refractivity contribution in [2.75, 3.05) is 7.05 Å². The molecule has 1 amide bonds. The summed E-state index contributed by atoms with van der Waals surface area (Å²) in [5.41, 5.74) is 6.73. The Morgan fingerprint density at radius 3 is 2.63 bits per heavy atom. The van der Waals surface area contributed by atoms with Gasteiger partial charge in [0.2, 0.25) is 0 Å². The lowest BCUT2D eigenvalue weighted by atomic mass is 9.76. The SMILES string of the molecule is CC=N/C(=N\C(C)/N=C1/[C@H]2C[C@H](c3c(OC(F)F)cccc3C(=O)N2C)N1/C=C/C)C1(N)CCC1. The van der Waals surface area contributed by atoms with E-state index in [1.165, 1.54) is 6.07 Å². The molecule has 2 fully saturated rings. The molecule has 2 aliphatic heterocycles. The number of allylic oxidation sites excluding steroid dienone is 1. The maximum Gasteiger partial charge on any atom is 0.387 e. The van der Waals surface area contributed by atoms with Gasteiger partial charge >= 0.3 is 6.61 Å². The fourth-order valence-electron chi connectivity index (χ4n) is 5.04. The van der Waals surface area contributed by atoms with Gasteiger partial charge in [-0.05, 0) is 52.2 Å². The molecule has 4 rings (SSSR count). The van der Waals surface area contributed by atoms with Gasteiger partial charge < -0.3 is 20.3 Å². The third kappa shape index (κ3) is 4.59. The molecular weight excluding hydrogens is 454 g/mol. The molecule has 8 nitrogen and oxygen atoms in total. The molecule has 35 heavy (non-hydrogen) atoms. The van der Waals surface area contributed by atoms with Gasteiger partial charge in [-0.2, -0.15) is 8.78 Å². The van der Waals surface area contributed by atoms with Crippen molar-refractivity contribution in [3.05, 3.63) is 41.6 Å². The maximum atomic E-state index is 13.3. The number of carbonyl (C=O) groups excluding carboxylic acids is 1. The molecule has 1 saturated carbocycles. The normalized spacial score (nSPS) is 26.0. The van der Waals surface area contributed by atoms with E-state index in [0.29, 0.717) is 29.2 Å². The van der Waals surface area contributed by atoms with E-state index in [9.17, 15) is 13.6 Å². The van der Waals surface area contributed by atoms with Crippen LogP contribution in [0.1, 0.15) is 68.4 Å². The standard InChI is InChI=1S/C25H32F2N6O2/c1-5-13-33-17-14-18(21(33)30-15(3)31-23(29-6-2)25(28)11-8-12-25)32(4)22(34)16-9-7-10-19(20(16)17)35-24(26)27/h5-7,9-10,13,15,17-18,24H,8,11-12,14,28H2,1-4H3/b13-5+,29-6?,30-21-,31-23-/t15?,17-,18-/m1/s1. The number of alkyl halides is 2. The zero-order chi connectivity index (χ0) is 25.3. The first-order valence-corrected chi connectivity index (χ1v) is 11.9. The van der Waals surface area contributed by atoms with Crippen LogP contribution in [0.4, 0.5) is 8.78 Å². The number of likely N-dealkylation sites (tertiary alicyclic amines) is 1. The molecular formula is C25H32F2N6O2. The Morgan fingerprint density at radius 2 is 2.03 bits per heavy atom. The zero-order valence-corrected chi connectivity index (χ0v) is 20.5. The Kier molecular flexibility index (Phi) is 7.02. The van der Waals surface area contributed by atoms with Crippen molar-refractivity contribution in [3.63, 3.8) is 0 Å². The lowest BCUT2D eigenvalue weighted by Gasteiger charge is -2.37. The minimum absolute atomic E-state index is 0.00125. The molecule has 2 N–H and O–H groups in total. The van der Waals surface area contributed by atoms with Crippen molar-refractivity contribution in [3.8, 4) is 5.75 Å². The number of amides is 1. The number of hydrogen-bond donors (Lipinski definition) is 1. The van der Waals surface area contributed by atoms with Crippen molar-refractivity contribution < 1.29 is 18.3 Å². The summed E-state index contributed by atoms with van der Waals surface area (Å²) in [6.45, 7) is 2.55. The first kappa shape index (κ1) is 25.0. The molecule has 1 aliphatic carbocycles. The average Bonchev–Trinajstić information content (AvgIpc) is 3.08. The number of aliphatic imine (C=N–C) groups is 3. The third-order valence-electron chi connectivity index (χ3n) is 6.86. The summed E-state index contributed by atoms with van der Waals surface area (Å²) >= 11 is 0. The number of likely N-dealkylation sites (N-methyl/N-ethyl adjacent to an activating group) is 1. The number of nitrogens with two attached hydrogens (primary N) is 1. The van der Waals surface area contributed by atoms with E-state index in [1.807, 2.05) is 37.9 Å². The number of fused-ring (bicyclic) bond motifs is 4. The molecule has 0 spiro atoms. The van der Waals surface area contributed by atoms with Gasteiger partial charge in [-0.1, -0.05) is 12.1 Å². The van der Waals surface area contributed by atoms with Crippen LogP contribution in [0.5, 0.6) is 5.75 Å². The molecule has 0 radical (unpaired) electrons. The number of ether oxygens (including phenoxy) is 1. The van der Waals surface area contributed by atoms with Gasteiger partial charge in [0.15, 0.2) is 0 Å². The Morgan fingerprint density at radius 1 is 1.29 bits per heavy atom. The molecule has 1 saturated heterocycles. The molecule has 10 heteroatoms. The second-order valence-corrected chi connectivity index (χ2v) is 9.14. The van der Waals surface area contributed by atoms with Crippen molar-refractivity contribution in [1.82, 2.24) is 9.80 Å². The zero-order valence-electron chi connectivity index (χ0n) is 20.5. The van der Waals surface area contributed by atoms with E-state index in [1.54, 1.807) is 30.3 Å². The molecule has 1 unspecified atom stereocenters. The Hall–Kier alpha value is -3.14. The van der Waals surface area contributed by atoms with Crippen LogP contribution in [0.2, 0.25) is 0 Å². The number of benzene rings is 1. The summed E-state index contributed by atoms with van der Waals surface area (Å²) in [6.07, 6.45) is 8.05. The van der Waals surface area contributed by atoms with Crippen LogP contribution < -0.4 is 10.5 Å². The molecule has 3 aliphatic rings. The second-order valence-electron chi connectivity index (χ2n) is 9.14. The smallest absolute Gasteiger partial charge is 0.387 e. The van der Waals surface area contributed by atoms with Crippen molar-refractivity contribution in [2.45, 2.75) is 76.9 Å². The van der Waals surface area contributed by atoms with Crippen LogP contribution in [0, 0.1) is 0 Å². The number of rotatable bonds is 6. The van der Waals surface area contributed by atoms with Crippen molar-refractivity contribution >= 4 is 23.8 Å². The van der Waals surface area contributed by atoms with Gasteiger partial charge in [-0.15, -0.1) is 0 Å². The second kappa shape index (κ2) is 9.85. The minimum atomic E-state index is -3.00. The number of hydrogen-bond acceptors (Lipinski definition) is 5. The Labute approximate surface area is 204 Å². The van der Waals surface area contributed by atoms with E-state index in [4.69, 9.17) is 20.5 Å². The average molecular weight is 487 g/mol. The molecule has 1 aromatic rings. The summed E-state index contributed by atoms with van der Waals surface area (Å²) in [4.78, 5) is 30.9.